The fourth-order valence-electron chi connectivity index (χ4n) is 4.11. The summed E-state index contributed by atoms with van der Waals surface area (Å²) in [6, 6.07) is 6.85. The smallest absolute Gasteiger partial charge is 0.260 e. The lowest BCUT2D eigenvalue weighted by atomic mass is 9.80. The molecule has 1 amide bonds. The van der Waals surface area contributed by atoms with E-state index in [0.717, 1.165) is 25.9 Å². The Morgan fingerprint density at radius 1 is 1.24 bits per heavy atom. The van der Waals surface area contributed by atoms with E-state index < -0.39 is 5.67 Å². The summed E-state index contributed by atoms with van der Waals surface area (Å²) in [5.41, 5.74) is -1.05. The molecule has 6 heteroatoms. The Morgan fingerprint density at radius 2 is 2.04 bits per heavy atom. The van der Waals surface area contributed by atoms with Gasteiger partial charge in [0.25, 0.3) is 5.91 Å². The summed E-state index contributed by atoms with van der Waals surface area (Å²) >= 11 is 0. The third-order valence-corrected chi connectivity index (χ3v) is 5.83. The first kappa shape index (κ1) is 16.9. The lowest BCUT2D eigenvalue weighted by Gasteiger charge is -2.42. The molecule has 0 N–H and O–H groups in total. The van der Waals surface area contributed by atoms with Gasteiger partial charge in [0.05, 0.1) is 12.7 Å². The minimum absolute atomic E-state index is 0.0303. The van der Waals surface area contributed by atoms with E-state index in [1.165, 1.54) is 6.07 Å². The average molecular weight is 350 g/mol. The van der Waals surface area contributed by atoms with Crippen molar-refractivity contribution in [2.75, 3.05) is 26.2 Å². The molecule has 4 nitrogen and oxygen atoms in total. The molecule has 1 aromatic carbocycles. The molecule has 0 spiro atoms. The number of carbonyl (C=O) groups is 1. The topological polar surface area (TPSA) is 32.8 Å². The lowest BCUT2D eigenvalue weighted by Crippen LogP contribution is -2.58. The molecular formula is C19H24F2N2O2. The molecule has 1 aliphatic carbocycles. The number of piperazine rings is 1. The van der Waals surface area contributed by atoms with Crippen molar-refractivity contribution in [1.29, 1.82) is 0 Å². The van der Waals surface area contributed by atoms with Crippen LogP contribution in [0.5, 0.6) is 0 Å². The second kappa shape index (κ2) is 6.65. The van der Waals surface area contributed by atoms with E-state index in [-0.39, 0.29) is 30.5 Å². The first-order valence-electron chi connectivity index (χ1n) is 9.12. The fraction of sp³-hybridized carbons (Fsp3) is 0.632. The van der Waals surface area contributed by atoms with Gasteiger partial charge in [0.1, 0.15) is 5.82 Å². The summed E-state index contributed by atoms with van der Waals surface area (Å²) in [6.45, 7) is 2.97. The molecule has 0 unspecified atom stereocenters. The van der Waals surface area contributed by atoms with E-state index in [2.05, 4.69) is 4.90 Å². The van der Waals surface area contributed by atoms with Crippen molar-refractivity contribution < 1.29 is 18.3 Å². The Bertz CT molecular complexity index is 650. The highest BCUT2D eigenvalue weighted by Crippen LogP contribution is 2.38. The molecule has 2 heterocycles. The van der Waals surface area contributed by atoms with E-state index >= 15 is 0 Å². The Labute approximate surface area is 146 Å². The minimum atomic E-state index is -1.61. The molecule has 3 fully saturated rings. The summed E-state index contributed by atoms with van der Waals surface area (Å²) in [6.07, 6.45) is 2.37. The molecule has 3 aliphatic rings. The van der Waals surface area contributed by atoms with Crippen molar-refractivity contribution in [1.82, 2.24) is 9.80 Å². The van der Waals surface area contributed by atoms with Crippen LogP contribution < -0.4 is 0 Å². The molecule has 25 heavy (non-hydrogen) atoms. The number of hydrogen-bond acceptors (Lipinski definition) is 3. The number of hydrogen-bond donors (Lipinski definition) is 0. The van der Waals surface area contributed by atoms with E-state index in [9.17, 15) is 13.6 Å². The van der Waals surface area contributed by atoms with Crippen molar-refractivity contribution in [3.05, 3.63) is 35.6 Å². The number of rotatable bonds is 4. The summed E-state index contributed by atoms with van der Waals surface area (Å²) in [7, 11) is 0. The molecule has 0 radical (unpaired) electrons. The normalized spacial score (nSPS) is 28.5. The number of alkyl halides is 1. The number of amides is 1. The van der Waals surface area contributed by atoms with Gasteiger partial charge in [-0.1, -0.05) is 18.2 Å². The Balaban J connectivity index is 1.31. The summed E-state index contributed by atoms with van der Waals surface area (Å²) in [5.74, 6) is -0.571. The Morgan fingerprint density at radius 3 is 2.76 bits per heavy atom. The first-order chi connectivity index (χ1) is 12.0. The van der Waals surface area contributed by atoms with Crippen LogP contribution in [-0.2, 0) is 16.1 Å². The number of ether oxygens (including phenoxy) is 1. The van der Waals surface area contributed by atoms with Gasteiger partial charge in [0.15, 0.2) is 5.67 Å². The maximum Gasteiger partial charge on any atom is 0.260 e. The largest absolute Gasteiger partial charge is 0.372 e. The van der Waals surface area contributed by atoms with Crippen LogP contribution in [0.2, 0.25) is 0 Å². The minimum Gasteiger partial charge on any atom is -0.372 e. The van der Waals surface area contributed by atoms with Gasteiger partial charge in [0, 0.05) is 37.8 Å². The summed E-state index contributed by atoms with van der Waals surface area (Å²) < 4.78 is 34.0. The number of nitrogens with zero attached hydrogens (tertiary/aromatic N) is 2. The van der Waals surface area contributed by atoms with Gasteiger partial charge in [-0.2, -0.15) is 0 Å². The third-order valence-electron chi connectivity index (χ3n) is 5.83. The molecule has 136 valence electrons. The molecule has 1 aromatic rings. The van der Waals surface area contributed by atoms with E-state index in [0.29, 0.717) is 31.5 Å². The lowest BCUT2D eigenvalue weighted by molar-refractivity contribution is -0.152. The highest BCUT2D eigenvalue weighted by Gasteiger charge is 2.49. The monoisotopic (exact) mass is 350 g/mol. The Kier molecular flexibility index (Phi) is 4.50. The predicted octanol–water partition coefficient (Wildman–Crippen LogP) is 2.52. The SMILES string of the molecule is O=C(N1CCN2C[C@@H](OCc3ccccc3F)C[C@@H]2C1)C1(F)CCC1. The highest BCUT2D eigenvalue weighted by molar-refractivity contribution is 5.86. The maximum atomic E-state index is 14.4. The fourth-order valence-corrected chi connectivity index (χ4v) is 4.11. The number of halogens is 2. The maximum absolute atomic E-state index is 14.4. The zero-order valence-electron chi connectivity index (χ0n) is 14.3. The van der Waals surface area contributed by atoms with Crippen molar-refractivity contribution in [3.63, 3.8) is 0 Å². The second-order valence-electron chi connectivity index (χ2n) is 7.48. The van der Waals surface area contributed by atoms with Crippen LogP contribution in [0.15, 0.2) is 24.3 Å². The van der Waals surface area contributed by atoms with Crippen molar-refractivity contribution >= 4 is 5.91 Å². The summed E-state index contributed by atoms with van der Waals surface area (Å²) in [5, 5.41) is 0. The van der Waals surface area contributed by atoms with Crippen LogP contribution >= 0.6 is 0 Å². The van der Waals surface area contributed by atoms with Gasteiger partial charge >= 0.3 is 0 Å². The number of carbonyl (C=O) groups excluding carboxylic acids is 1. The zero-order valence-corrected chi connectivity index (χ0v) is 14.3. The van der Waals surface area contributed by atoms with Crippen LogP contribution in [0.3, 0.4) is 0 Å². The van der Waals surface area contributed by atoms with Gasteiger partial charge in [-0.3, -0.25) is 9.69 Å². The third kappa shape index (κ3) is 3.29. The molecule has 0 bridgehead atoms. The van der Waals surface area contributed by atoms with Gasteiger partial charge < -0.3 is 9.64 Å². The molecular weight excluding hydrogens is 326 g/mol. The van der Waals surface area contributed by atoms with Gasteiger partial charge in [0.2, 0.25) is 0 Å². The van der Waals surface area contributed by atoms with Gasteiger partial charge in [-0.25, -0.2) is 8.78 Å². The van der Waals surface area contributed by atoms with E-state index in [1.807, 2.05) is 0 Å². The van der Waals surface area contributed by atoms with Crippen LogP contribution in [0.25, 0.3) is 0 Å². The second-order valence-corrected chi connectivity index (χ2v) is 7.48. The quantitative estimate of drug-likeness (QED) is 0.837. The average Bonchev–Trinajstić information content (AvgIpc) is 3.00. The highest BCUT2D eigenvalue weighted by atomic mass is 19.1. The van der Waals surface area contributed by atoms with Crippen LogP contribution in [0.1, 0.15) is 31.2 Å². The number of fused-ring (bicyclic) bond motifs is 1. The Hall–Kier alpha value is -1.53. The molecule has 0 aromatic heterocycles. The van der Waals surface area contributed by atoms with E-state index in [4.69, 9.17) is 4.74 Å². The first-order valence-corrected chi connectivity index (χ1v) is 9.12. The zero-order chi connectivity index (χ0) is 17.4. The van der Waals surface area contributed by atoms with Crippen molar-refractivity contribution in [3.8, 4) is 0 Å². The molecule has 2 saturated heterocycles. The van der Waals surface area contributed by atoms with E-state index in [1.54, 1.807) is 23.1 Å². The standard InChI is InChI=1S/C19H24F2N2O2/c20-17-5-2-1-4-14(17)13-25-16-10-15-11-23(9-8-22(15)12-16)18(24)19(21)6-3-7-19/h1-2,4-5,15-16H,3,6-13H2/t15-,16+/m1/s1. The molecule has 2 atom stereocenters. The molecule has 4 rings (SSSR count). The van der Waals surface area contributed by atoms with Crippen LogP contribution in [0.4, 0.5) is 8.78 Å². The molecule has 2 aliphatic heterocycles. The van der Waals surface area contributed by atoms with Crippen molar-refractivity contribution in [2.45, 2.75) is 50.1 Å². The van der Waals surface area contributed by atoms with Crippen molar-refractivity contribution in [2.24, 2.45) is 0 Å². The van der Waals surface area contributed by atoms with Gasteiger partial charge in [-0.15, -0.1) is 0 Å². The number of benzene rings is 1. The predicted molar refractivity (Wildman–Crippen MR) is 89.2 cm³/mol. The molecule has 1 saturated carbocycles. The summed E-state index contributed by atoms with van der Waals surface area (Å²) in [4.78, 5) is 16.4. The van der Waals surface area contributed by atoms with Crippen LogP contribution in [0, 0.1) is 5.82 Å². The van der Waals surface area contributed by atoms with Crippen LogP contribution in [-0.4, -0.2) is 59.7 Å². The van der Waals surface area contributed by atoms with Gasteiger partial charge in [-0.05, 0) is 31.7 Å².